The molecule has 3 rings (SSSR count). The van der Waals surface area contributed by atoms with Crippen LogP contribution in [0, 0.1) is 0 Å². The van der Waals surface area contributed by atoms with Gasteiger partial charge >= 0.3 is 0 Å². The molecule has 3 aromatic rings. The lowest BCUT2D eigenvalue weighted by Crippen LogP contribution is -2.21. The number of benzene rings is 2. The van der Waals surface area contributed by atoms with E-state index in [2.05, 4.69) is 23.5 Å². The molecular formula is C18H16ClNO. The first-order valence-electron chi connectivity index (χ1n) is 6.89. The van der Waals surface area contributed by atoms with E-state index in [1.807, 2.05) is 48.5 Å². The highest BCUT2D eigenvalue weighted by Gasteiger charge is 2.15. The van der Waals surface area contributed by atoms with Crippen molar-refractivity contribution in [3.63, 3.8) is 0 Å². The monoisotopic (exact) mass is 297 g/mol. The van der Waals surface area contributed by atoms with Crippen LogP contribution in [0.5, 0.6) is 0 Å². The Balaban J connectivity index is 1.80. The van der Waals surface area contributed by atoms with Crippen LogP contribution in [0.3, 0.4) is 0 Å². The summed E-state index contributed by atoms with van der Waals surface area (Å²) in [7, 11) is 0. The molecule has 0 aliphatic carbocycles. The second kappa shape index (κ2) is 6.61. The molecule has 1 heterocycles. The highest BCUT2D eigenvalue weighted by molar-refractivity contribution is 6.30. The van der Waals surface area contributed by atoms with E-state index in [0.29, 0.717) is 0 Å². The van der Waals surface area contributed by atoms with Gasteiger partial charge in [-0.05, 0) is 35.4 Å². The average molecular weight is 298 g/mol. The van der Waals surface area contributed by atoms with Crippen molar-refractivity contribution in [2.75, 3.05) is 0 Å². The summed E-state index contributed by atoms with van der Waals surface area (Å²) in [6, 6.07) is 22.1. The molecule has 0 fully saturated rings. The third kappa shape index (κ3) is 3.54. The minimum Gasteiger partial charge on any atom is -0.467 e. The van der Waals surface area contributed by atoms with Gasteiger partial charge in [-0.1, -0.05) is 54.1 Å². The van der Waals surface area contributed by atoms with Crippen molar-refractivity contribution in [2.24, 2.45) is 0 Å². The van der Waals surface area contributed by atoms with Gasteiger partial charge in [-0.25, -0.2) is 0 Å². The van der Waals surface area contributed by atoms with E-state index >= 15 is 0 Å². The Morgan fingerprint density at radius 1 is 0.952 bits per heavy atom. The first-order chi connectivity index (χ1) is 10.3. The van der Waals surface area contributed by atoms with Gasteiger partial charge in [0.05, 0.1) is 12.3 Å². The van der Waals surface area contributed by atoms with Crippen molar-refractivity contribution in [1.82, 2.24) is 5.32 Å². The van der Waals surface area contributed by atoms with Crippen molar-refractivity contribution in [1.29, 1.82) is 0 Å². The standard InChI is InChI=1S/C18H16ClNO/c19-16-9-4-6-14(12-16)13-20-18(17-10-5-11-21-17)15-7-2-1-3-8-15/h1-12,18,20H,13H2. The van der Waals surface area contributed by atoms with Gasteiger partial charge in [0.2, 0.25) is 0 Å². The van der Waals surface area contributed by atoms with Crippen LogP contribution in [0.1, 0.15) is 22.9 Å². The van der Waals surface area contributed by atoms with Crippen LogP contribution in [0.15, 0.2) is 77.4 Å². The predicted molar refractivity (Wildman–Crippen MR) is 85.3 cm³/mol. The van der Waals surface area contributed by atoms with Crippen LogP contribution in [0.2, 0.25) is 5.02 Å². The first kappa shape index (κ1) is 13.9. The second-order valence-electron chi connectivity index (χ2n) is 4.87. The molecule has 2 nitrogen and oxygen atoms in total. The Morgan fingerprint density at radius 3 is 2.52 bits per heavy atom. The van der Waals surface area contributed by atoms with Crippen LogP contribution in [-0.4, -0.2) is 0 Å². The zero-order valence-electron chi connectivity index (χ0n) is 11.5. The Hall–Kier alpha value is -2.03. The molecule has 106 valence electrons. The Labute approximate surface area is 129 Å². The fourth-order valence-corrected chi connectivity index (χ4v) is 2.56. The summed E-state index contributed by atoms with van der Waals surface area (Å²) in [6.45, 7) is 0.723. The number of halogens is 1. The number of hydrogen-bond acceptors (Lipinski definition) is 2. The lowest BCUT2D eigenvalue weighted by Gasteiger charge is -2.17. The zero-order valence-corrected chi connectivity index (χ0v) is 12.3. The van der Waals surface area contributed by atoms with E-state index < -0.39 is 0 Å². The van der Waals surface area contributed by atoms with Gasteiger partial charge in [0.1, 0.15) is 5.76 Å². The van der Waals surface area contributed by atoms with Gasteiger partial charge < -0.3 is 4.42 Å². The van der Waals surface area contributed by atoms with Crippen LogP contribution in [-0.2, 0) is 6.54 Å². The second-order valence-corrected chi connectivity index (χ2v) is 5.31. The number of nitrogens with one attached hydrogen (secondary N) is 1. The number of furan rings is 1. The summed E-state index contributed by atoms with van der Waals surface area (Å²) in [5.74, 6) is 0.906. The number of rotatable bonds is 5. The largest absolute Gasteiger partial charge is 0.467 e. The third-order valence-corrected chi connectivity index (χ3v) is 3.60. The van der Waals surface area contributed by atoms with Crippen LogP contribution in [0.4, 0.5) is 0 Å². The van der Waals surface area contributed by atoms with E-state index in [4.69, 9.17) is 16.0 Å². The SMILES string of the molecule is Clc1cccc(CNC(c2ccccc2)c2ccco2)c1. The first-order valence-corrected chi connectivity index (χ1v) is 7.27. The molecule has 1 N–H and O–H groups in total. The van der Waals surface area contributed by atoms with Crippen LogP contribution >= 0.6 is 11.6 Å². The third-order valence-electron chi connectivity index (χ3n) is 3.36. The van der Waals surface area contributed by atoms with E-state index in [9.17, 15) is 0 Å². The average Bonchev–Trinajstić information content (AvgIpc) is 3.03. The van der Waals surface area contributed by atoms with Gasteiger partial charge in [-0.2, -0.15) is 0 Å². The normalized spacial score (nSPS) is 12.2. The van der Waals surface area contributed by atoms with Crippen molar-refractivity contribution in [3.8, 4) is 0 Å². The lowest BCUT2D eigenvalue weighted by molar-refractivity contribution is 0.446. The fraction of sp³-hybridized carbons (Fsp3) is 0.111. The molecule has 0 saturated carbocycles. The van der Waals surface area contributed by atoms with E-state index in [1.54, 1.807) is 6.26 Å². The maximum Gasteiger partial charge on any atom is 0.125 e. The molecule has 0 bridgehead atoms. The summed E-state index contributed by atoms with van der Waals surface area (Å²) >= 11 is 6.03. The molecular weight excluding hydrogens is 282 g/mol. The lowest BCUT2D eigenvalue weighted by atomic mass is 10.0. The van der Waals surface area contributed by atoms with E-state index in [0.717, 1.165) is 22.9 Å². The van der Waals surface area contributed by atoms with Crippen LogP contribution < -0.4 is 5.32 Å². The van der Waals surface area contributed by atoms with Gasteiger partial charge in [0.15, 0.2) is 0 Å². The predicted octanol–water partition coefficient (Wildman–Crippen LogP) is 4.81. The molecule has 21 heavy (non-hydrogen) atoms. The maximum absolute atomic E-state index is 6.03. The van der Waals surface area contributed by atoms with Gasteiger partial charge in [-0.15, -0.1) is 0 Å². The highest BCUT2D eigenvalue weighted by atomic mass is 35.5. The molecule has 3 heteroatoms. The fourth-order valence-electron chi connectivity index (χ4n) is 2.35. The molecule has 0 aliphatic heterocycles. The molecule has 0 saturated heterocycles. The topological polar surface area (TPSA) is 25.2 Å². The summed E-state index contributed by atoms with van der Waals surface area (Å²) in [5.41, 5.74) is 2.32. The molecule has 0 spiro atoms. The Morgan fingerprint density at radius 2 is 1.81 bits per heavy atom. The zero-order chi connectivity index (χ0) is 14.5. The summed E-state index contributed by atoms with van der Waals surface area (Å²) in [4.78, 5) is 0. The van der Waals surface area contributed by atoms with Crippen LogP contribution in [0.25, 0.3) is 0 Å². The van der Waals surface area contributed by atoms with E-state index in [-0.39, 0.29) is 6.04 Å². The maximum atomic E-state index is 6.03. The van der Waals surface area contributed by atoms with Gasteiger partial charge in [-0.3, -0.25) is 5.32 Å². The van der Waals surface area contributed by atoms with Gasteiger partial charge in [0.25, 0.3) is 0 Å². The molecule has 1 unspecified atom stereocenters. The van der Waals surface area contributed by atoms with Gasteiger partial charge in [0, 0.05) is 11.6 Å². The molecule has 1 atom stereocenters. The van der Waals surface area contributed by atoms with Crippen molar-refractivity contribution < 1.29 is 4.42 Å². The minimum atomic E-state index is 0.0279. The van der Waals surface area contributed by atoms with Crippen molar-refractivity contribution >= 4 is 11.6 Å². The van der Waals surface area contributed by atoms with Crippen molar-refractivity contribution in [2.45, 2.75) is 12.6 Å². The Kier molecular flexibility index (Phi) is 4.39. The quantitative estimate of drug-likeness (QED) is 0.731. The molecule has 0 aliphatic rings. The molecule has 1 aromatic heterocycles. The molecule has 0 radical (unpaired) electrons. The Bertz CT molecular complexity index is 679. The summed E-state index contributed by atoms with van der Waals surface area (Å²) < 4.78 is 5.57. The minimum absolute atomic E-state index is 0.0279. The molecule has 2 aromatic carbocycles. The highest BCUT2D eigenvalue weighted by Crippen LogP contribution is 2.23. The molecule has 0 amide bonds. The summed E-state index contributed by atoms with van der Waals surface area (Å²) in [5, 5.41) is 4.28. The number of hydrogen-bond donors (Lipinski definition) is 1. The smallest absolute Gasteiger partial charge is 0.125 e. The van der Waals surface area contributed by atoms with Crippen molar-refractivity contribution in [3.05, 3.63) is 94.9 Å². The summed E-state index contributed by atoms with van der Waals surface area (Å²) in [6.07, 6.45) is 1.70. The van der Waals surface area contributed by atoms with E-state index in [1.165, 1.54) is 5.56 Å².